The Balaban J connectivity index is 2.36. The van der Waals surface area contributed by atoms with Crippen molar-refractivity contribution in [2.24, 2.45) is 0 Å². The molecule has 0 aliphatic heterocycles. The fourth-order valence-electron chi connectivity index (χ4n) is 1.49. The zero-order valence-electron chi connectivity index (χ0n) is 9.99. The molecule has 0 aromatic carbocycles. The van der Waals surface area contributed by atoms with E-state index in [9.17, 15) is 0 Å². The number of hydrogen-bond donors (Lipinski definition) is 1. The maximum atomic E-state index is 4.34. The SMILES string of the molecule is Cc1nccc(CNC(C)CN(C)C)n1. The van der Waals surface area contributed by atoms with E-state index in [4.69, 9.17) is 0 Å². The monoisotopic (exact) mass is 208 g/mol. The first-order valence-corrected chi connectivity index (χ1v) is 5.24. The first-order valence-electron chi connectivity index (χ1n) is 5.24. The molecule has 1 heterocycles. The highest BCUT2D eigenvalue weighted by Crippen LogP contribution is 1.95. The minimum Gasteiger partial charge on any atom is -0.308 e. The molecule has 1 atom stereocenters. The molecule has 0 spiro atoms. The Morgan fingerprint density at radius 1 is 1.47 bits per heavy atom. The smallest absolute Gasteiger partial charge is 0.125 e. The van der Waals surface area contributed by atoms with Gasteiger partial charge < -0.3 is 10.2 Å². The van der Waals surface area contributed by atoms with E-state index >= 15 is 0 Å². The van der Waals surface area contributed by atoms with Gasteiger partial charge in [-0.2, -0.15) is 0 Å². The van der Waals surface area contributed by atoms with Crippen LogP contribution in [0.1, 0.15) is 18.4 Å². The summed E-state index contributed by atoms with van der Waals surface area (Å²) in [6.45, 7) is 5.92. The fourth-order valence-corrected chi connectivity index (χ4v) is 1.49. The third-order valence-electron chi connectivity index (χ3n) is 2.10. The lowest BCUT2D eigenvalue weighted by Gasteiger charge is -2.18. The van der Waals surface area contributed by atoms with Crippen molar-refractivity contribution in [2.75, 3.05) is 20.6 Å². The van der Waals surface area contributed by atoms with E-state index in [1.54, 1.807) is 6.20 Å². The molecule has 1 aromatic heterocycles. The molecular formula is C11H20N4. The maximum Gasteiger partial charge on any atom is 0.125 e. The third-order valence-corrected chi connectivity index (χ3v) is 2.10. The Morgan fingerprint density at radius 2 is 2.20 bits per heavy atom. The van der Waals surface area contributed by atoms with E-state index in [1.807, 2.05) is 13.0 Å². The molecule has 0 saturated carbocycles. The van der Waals surface area contributed by atoms with E-state index < -0.39 is 0 Å². The summed E-state index contributed by atoms with van der Waals surface area (Å²) in [4.78, 5) is 10.6. The molecule has 4 nitrogen and oxygen atoms in total. The molecule has 1 unspecified atom stereocenters. The summed E-state index contributed by atoms with van der Waals surface area (Å²) >= 11 is 0. The van der Waals surface area contributed by atoms with Crippen molar-refractivity contribution in [3.05, 3.63) is 23.8 Å². The first-order chi connectivity index (χ1) is 7.08. The number of rotatable bonds is 5. The van der Waals surface area contributed by atoms with E-state index in [-0.39, 0.29) is 0 Å². The zero-order chi connectivity index (χ0) is 11.3. The summed E-state index contributed by atoms with van der Waals surface area (Å²) in [5.74, 6) is 0.828. The van der Waals surface area contributed by atoms with Gasteiger partial charge in [0, 0.05) is 25.3 Å². The Labute approximate surface area is 91.7 Å². The van der Waals surface area contributed by atoms with Gasteiger partial charge in [0.25, 0.3) is 0 Å². The van der Waals surface area contributed by atoms with Gasteiger partial charge in [-0.25, -0.2) is 9.97 Å². The second-order valence-electron chi connectivity index (χ2n) is 4.14. The van der Waals surface area contributed by atoms with Crippen LogP contribution >= 0.6 is 0 Å². The predicted octanol–water partition coefficient (Wildman–Crippen LogP) is 0.825. The Morgan fingerprint density at radius 3 is 2.80 bits per heavy atom. The van der Waals surface area contributed by atoms with Crippen LogP contribution < -0.4 is 5.32 Å². The Hall–Kier alpha value is -1.00. The molecule has 4 heteroatoms. The molecule has 1 rings (SSSR count). The van der Waals surface area contributed by atoms with Crippen LogP contribution in [-0.2, 0) is 6.54 Å². The molecule has 1 aromatic rings. The van der Waals surface area contributed by atoms with Crippen molar-refractivity contribution in [3.8, 4) is 0 Å². The van der Waals surface area contributed by atoms with Crippen LogP contribution in [0.3, 0.4) is 0 Å². The number of aryl methyl sites for hydroxylation is 1. The molecule has 0 fully saturated rings. The summed E-state index contributed by atoms with van der Waals surface area (Å²) in [6.07, 6.45) is 1.80. The van der Waals surface area contributed by atoms with Gasteiger partial charge in [0.1, 0.15) is 5.82 Å². The highest BCUT2D eigenvalue weighted by Gasteiger charge is 2.03. The van der Waals surface area contributed by atoms with E-state index in [1.165, 1.54) is 0 Å². The van der Waals surface area contributed by atoms with Crippen molar-refractivity contribution in [1.29, 1.82) is 0 Å². The van der Waals surface area contributed by atoms with Gasteiger partial charge >= 0.3 is 0 Å². The van der Waals surface area contributed by atoms with Gasteiger partial charge in [-0.05, 0) is 34.0 Å². The summed E-state index contributed by atoms with van der Waals surface area (Å²) in [7, 11) is 4.15. The first kappa shape index (κ1) is 12.1. The average molecular weight is 208 g/mol. The number of nitrogens with zero attached hydrogens (tertiary/aromatic N) is 3. The van der Waals surface area contributed by atoms with Gasteiger partial charge in [-0.3, -0.25) is 0 Å². The molecule has 0 amide bonds. The van der Waals surface area contributed by atoms with E-state index in [0.29, 0.717) is 6.04 Å². The fraction of sp³-hybridized carbons (Fsp3) is 0.636. The minimum atomic E-state index is 0.468. The summed E-state index contributed by atoms with van der Waals surface area (Å²) in [5, 5.41) is 3.43. The molecule has 0 saturated heterocycles. The van der Waals surface area contributed by atoms with Gasteiger partial charge in [-0.1, -0.05) is 0 Å². The van der Waals surface area contributed by atoms with Crippen LogP contribution in [0.15, 0.2) is 12.3 Å². The van der Waals surface area contributed by atoms with Crippen LogP contribution in [0, 0.1) is 6.92 Å². The van der Waals surface area contributed by atoms with Crippen molar-refractivity contribution in [3.63, 3.8) is 0 Å². The van der Waals surface area contributed by atoms with Gasteiger partial charge in [0.15, 0.2) is 0 Å². The number of likely N-dealkylation sites (N-methyl/N-ethyl adjacent to an activating group) is 1. The molecule has 1 N–H and O–H groups in total. The second-order valence-corrected chi connectivity index (χ2v) is 4.14. The number of nitrogens with one attached hydrogen (secondary N) is 1. The number of aromatic nitrogens is 2. The van der Waals surface area contributed by atoms with Crippen LogP contribution in [-0.4, -0.2) is 41.5 Å². The lowest BCUT2D eigenvalue weighted by Crippen LogP contribution is -2.35. The predicted molar refractivity (Wildman–Crippen MR) is 61.6 cm³/mol. The van der Waals surface area contributed by atoms with Gasteiger partial charge in [-0.15, -0.1) is 0 Å². The summed E-state index contributed by atoms with van der Waals surface area (Å²) in [6, 6.07) is 2.41. The highest BCUT2D eigenvalue weighted by atomic mass is 15.1. The van der Waals surface area contributed by atoms with Gasteiger partial charge in [0.2, 0.25) is 0 Å². The third kappa shape index (κ3) is 4.85. The lowest BCUT2D eigenvalue weighted by molar-refractivity contribution is 0.348. The van der Waals surface area contributed by atoms with Gasteiger partial charge in [0.05, 0.1) is 5.69 Å². The highest BCUT2D eigenvalue weighted by molar-refractivity contribution is 5.01. The van der Waals surface area contributed by atoms with Crippen LogP contribution in [0.2, 0.25) is 0 Å². The van der Waals surface area contributed by atoms with Crippen molar-refractivity contribution in [1.82, 2.24) is 20.2 Å². The van der Waals surface area contributed by atoms with E-state index in [2.05, 4.69) is 41.2 Å². The Bertz CT molecular complexity index is 298. The molecular weight excluding hydrogens is 188 g/mol. The summed E-state index contributed by atoms with van der Waals surface area (Å²) < 4.78 is 0. The molecule has 0 radical (unpaired) electrons. The standard InChI is InChI=1S/C11H20N4/c1-9(8-15(3)4)13-7-11-5-6-12-10(2)14-11/h5-6,9,13H,7-8H2,1-4H3. The number of hydrogen-bond acceptors (Lipinski definition) is 4. The van der Waals surface area contributed by atoms with Crippen molar-refractivity contribution >= 4 is 0 Å². The molecule has 0 bridgehead atoms. The van der Waals surface area contributed by atoms with Crippen LogP contribution in [0.4, 0.5) is 0 Å². The van der Waals surface area contributed by atoms with Crippen molar-refractivity contribution in [2.45, 2.75) is 26.4 Å². The van der Waals surface area contributed by atoms with Crippen LogP contribution in [0.5, 0.6) is 0 Å². The molecule has 0 aliphatic rings. The largest absolute Gasteiger partial charge is 0.308 e. The van der Waals surface area contributed by atoms with E-state index in [0.717, 1.165) is 24.6 Å². The lowest BCUT2D eigenvalue weighted by atomic mass is 10.3. The molecule has 15 heavy (non-hydrogen) atoms. The Kier molecular flexibility index (Phi) is 4.65. The zero-order valence-corrected chi connectivity index (χ0v) is 9.99. The summed E-state index contributed by atoms with van der Waals surface area (Å²) in [5.41, 5.74) is 1.05. The van der Waals surface area contributed by atoms with Crippen LogP contribution in [0.25, 0.3) is 0 Å². The minimum absolute atomic E-state index is 0.468. The second kappa shape index (κ2) is 5.78. The topological polar surface area (TPSA) is 41.1 Å². The average Bonchev–Trinajstić information content (AvgIpc) is 2.14. The maximum absolute atomic E-state index is 4.34. The normalized spacial score (nSPS) is 13.1. The van der Waals surface area contributed by atoms with Crippen molar-refractivity contribution < 1.29 is 0 Å². The molecule has 84 valence electrons. The molecule has 0 aliphatic carbocycles. The quantitative estimate of drug-likeness (QED) is 0.778.